The quantitative estimate of drug-likeness (QED) is 0.495. The number of hydrogen-bond acceptors (Lipinski definition) is 4. The second kappa shape index (κ2) is 5.73. The fourth-order valence-corrected chi connectivity index (χ4v) is 2.10. The van der Waals surface area contributed by atoms with Crippen molar-refractivity contribution in [2.45, 2.75) is 19.8 Å². The van der Waals surface area contributed by atoms with Crippen molar-refractivity contribution >= 4 is 17.5 Å². The highest BCUT2D eigenvalue weighted by Crippen LogP contribution is 2.19. The van der Waals surface area contributed by atoms with Gasteiger partial charge in [0.05, 0.1) is 6.61 Å². The molecule has 1 aromatic carbocycles. The Morgan fingerprint density at radius 2 is 2.21 bits per heavy atom. The maximum atomic E-state index is 11.7. The fourth-order valence-electron chi connectivity index (χ4n) is 2.10. The van der Waals surface area contributed by atoms with E-state index in [1.807, 2.05) is 12.1 Å². The molecule has 102 valence electrons. The van der Waals surface area contributed by atoms with Crippen LogP contribution in [0.1, 0.15) is 19.8 Å². The Kier molecular flexibility index (Phi) is 4.04. The minimum Gasteiger partial charge on any atom is -0.493 e. The van der Waals surface area contributed by atoms with Gasteiger partial charge in [-0.3, -0.25) is 14.5 Å². The van der Waals surface area contributed by atoms with Crippen LogP contribution in [0.15, 0.2) is 24.3 Å². The molecule has 1 aromatic rings. The highest BCUT2D eigenvalue weighted by atomic mass is 16.5. The van der Waals surface area contributed by atoms with Gasteiger partial charge in [-0.25, -0.2) is 0 Å². The molecule has 19 heavy (non-hydrogen) atoms. The van der Waals surface area contributed by atoms with E-state index in [0.29, 0.717) is 37.4 Å². The number of imide groups is 1. The van der Waals surface area contributed by atoms with Crippen LogP contribution in [0.3, 0.4) is 0 Å². The predicted molar refractivity (Wildman–Crippen MR) is 71.5 cm³/mol. The molecule has 5 heteroatoms. The number of amides is 2. The van der Waals surface area contributed by atoms with Crippen LogP contribution in [-0.2, 0) is 9.59 Å². The molecule has 0 spiro atoms. The lowest BCUT2D eigenvalue weighted by molar-refractivity contribution is -0.139. The maximum Gasteiger partial charge on any atom is 0.232 e. The van der Waals surface area contributed by atoms with Gasteiger partial charge in [-0.05, 0) is 18.6 Å². The van der Waals surface area contributed by atoms with E-state index in [0.717, 1.165) is 0 Å². The molecular formula is C14H18N2O3. The van der Waals surface area contributed by atoms with Gasteiger partial charge < -0.3 is 10.5 Å². The third kappa shape index (κ3) is 3.24. The average Bonchev–Trinajstić information content (AvgIpc) is 2.60. The lowest BCUT2D eigenvalue weighted by Gasteiger charge is -2.14. The summed E-state index contributed by atoms with van der Waals surface area (Å²) in [6.45, 7) is 2.66. The van der Waals surface area contributed by atoms with E-state index in [1.165, 1.54) is 4.90 Å². The second-order valence-corrected chi connectivity index (χ2v) is 4.76. The molecule has 1 atom stereocenters. The van der Waals surface area contributed by atoms with Crippen molar-refractivity contribution in [3.8, 4) is 5.75 Å². The number of rotatable bonds is 5. The summed E-state index contributed by atoms with van der Waals surface area (Å²) in [4.78, 5) is 24.6. The molecule has 1 saturated heterocycles. The second-order valence-electron chi connectivity index (χ2n) is 4.76. The van der Waals surface area contributed by atoms with E-state index in [4.69, 9.17) is 10.5 Å². The van der Waals surface area contributed by atoms with Crippen LogP contribution < -0.4 is 10.5 Å². The minimum atomic E-state index is -0.178. The summed E-state index contributed by atoms with van der Waals surface area (Å²) >= 11 is 0. The summed E-state index contributed by atoms with van der Waals surface area (Å²) in [7, 11) is 0. The van der Waals surface area contributed by atoms with Gasteiger partial charge in [0.25, 0.3) is 0 Å². The Hall–Kier alpha value is -2.04. The van der Waals surface area contributed by atoms with Crippen LogP contribution in [-0.4, -0.2) is 29.9 Å². The SMILES string of the molecule is CC1CC(=O)N(CCCOc2cccc(N)c2)C1=O. The lowest BCUT2D eigenvalue weighted by atomic mass is 10.1. The van der Waals surface area contributed by atoms with Crippen LogP contribution in [0.4, 0.5) is 5.69 Å². The van der Waals surface area contributed by atoms with Crippen molar-refractivity contribution < 1.29 is 14.3 Å². The topological polar surface area (TPSA) is 72.6 Å². The molecular weight excluding hydrogens is 244 g/mol. The van der Waals surface area contributed by atoms with E-state index >= 15 is 0 Å². The molecule has 2 amide bonds. The number of anilines is 1. The van der Waals surface area contributed by atoms with Gasteiger partial charge >= 0.3 is 0 Å². The van der Waals surface area contributed by atoms with E-state index in [9.17, 15) is 9.59 Å². The number of ether oxygens (including phenoxy) is 1. The molecule has 0 aromatic heterocycles. The standard InChI is InChI=1S/C14H18N2O3/c1-10-8-13(17)16(14(10)18)6-3-7-19-12-5-2-4-11(15)9-12/h2,4-5,9-10H,3,6-8,15H2,1H3. The Labute approximate surface area is 112 Å². The number of benzene rings is 1. The summed E-state index contributed by atoms with van der Waals surface area (Å²) in [5, 5.41) is 0. The molecule has 0 saturated carbocycles. The van der Waals surface area contributed by atoms with Crippen LogP contribution in [0, 0.1) is 5.92 Å². The van der Waals surface area contributed by atoms with Crippen molar-refractivity contribution in [1.29, 1.82) is 0 Å². The van der Waals surface area contributed by atoms with Gasteiger partial charge in [-0.2, -0.15) is 0 Å². The summed E-state index contributed by atoms with van der Waals surface area (Å²) in [5.41, 5.74) is 6.29. The summed E-state index contributed by atoms with van der Waals surface area (Å²) in [6.07, 6.45) is 0.952. The highest BCUT2D eigenvalue weighted by Gasteiger charge is 2.34. The first-order valence-corrected chi connectivity index (χ1v) is 6.40. The van der Waals surface area contributed by atoms with Gasteiger partial charge in [-0.15, -0.1) is 0 Å². The minimum absolute atomic E-state index is 0.0750. The van der Waals surface area contributed by atoms with Crippen LogP contribution in [0.5, 0.6) is 5.75 Å². The van der Waals surface area contributed by atoms with E-state index < -0.39 is 0 Å². The predicted octanol–water partition coefficient (Wildman–Crippen LogP) is 1.43. The maximum absolute atomic E-state index is 11.7. The Balaban J connectivity index is 1.75. The van der Waals surface area contributed by atoms with E-state index in [-0.39, 0.29) is 17.7 Å². The Bertz CT molecular complexity index is 487. The first-order chi connectivity index (χ1) is 9.08. The molecule has 1 fully saturated rings. The fraction of sp³-hybridized carbons (Fsp3) is 0.429. The molecule has 5 nitrogen and oxygen atoms in total. The van der Waals surface area contributed by atoms with E-state index in [1.54, 1.807) is 19.1 Å². The van der Waals surface area contributed by atoms with Crippen LogP contribution in [0.2, 0.25) is 0 Å². The van der Waals surface area contributed by atoms with Gasteiger partial charge in [-0.1, -0.05) is 13.0 Å². The lowest BCUT2D eigenvalue weighted by Crippen LogP contribution is -2.32. The first-order valence-electron chi connectivity index (χ1n) is 6.40. The molecule has 1 aliphatic heterocycles. The zero-order valence-electron chi connectivity index (χ0n) is 11.0. The first kappa shape index (κ1) is 13.4. The summed E-state index contributed by atoms with van der Waals surface area (Å²) < 4.78 is 5.51. The molecule has 2 rings (SSSR count). The van der Waals surface area contributed by atoms with Crippen molar-refractivity contribution in [3.05, 3.63) is 24.3 Å². The van der Waals surface area contributed by atoms with Gasteiger partial charge in [0, 0.05) is 30.6 Å². The number of likely N-dealkylation sites (tertiary alicyclic amines) is 1. The summed E-state index contributed by atoms with van der Waals surface area (Å²) in [6, 6.07) is 7.18. The number of hydrogen-bond donors (Lipinski definition) is 1. The van der Waals surface area contributed by atoms with Gasteiger partial charge in [0.15, 0.2) is 0 Å². The molecule has 1 heterocycles. The molecule has 1 aliphatic rings. The van der Waals surface area contributed by atoms with Gasteiger partial charge in [0.1, 0.15) is 5.75 Å². The summed E-state index contributed by atoms with van der Waals surface area (Å²) in [5.74, 6) is 0.366. The number of carbonyl (C=O) groups is 2. The molecule has 2 N–H and O–H groups in total. The smallest absolute Gasteiger partial charge is 0.232 e. The number of nitrogens with zero attached hydrogens (tertiary/aromatic N) is 1. The molecule has 0 radical (unpaired) electrons. The average molecular weight is 262 g/mol. The van der Waals surface area contributed by atoms with Crippen LogP contribution >= 0.6 is 0 Å². The normalized spacial score (nSPS) is 19.0. The largest absolute Gasteiger partial charge is 0.493 e. The van der Waals surface area contributed by atoms with Crippen molar-refractivity contribution in [3.63, 3.8) is 0 Å². The van der Waals surface area contributed by atoms with Crippen LogP contribution in [0.25, 0.3) is 0 Å². The monoisotopic (exact) mass is 262 g/mol. The number of nitrogens with two attached hydrogens (primary N) is 1. The third-order valence-corrected chi connectivity index (χ3v) is 3.12. The molecule has 0 bridgehead atoms. The number of nitrogen functional groups attached to an aromatic ring is 1. The van der Waals surface area contributed by atoms with E-state index in [2.05, 4.69) is 0 Å². The Morgan fingerprint density at radius 1 is 1.42 bits per heavy atom. The Morgan fingerprint density at radius 3 is 2.84 bits per heavy atom. The molecule has 1 unspecified atom stereocenters. The number of carbonyl (C=O) groups excluding carboxylic acids is 2. The third-order valence-electron chi connectivity index (χ3n) is 3.12. The molecule has 0 aliphatic carbocycles. The van der Waals surface area contributed by atoms with Crippen molar-refractivity contribution in [2.75, 3.05) is 18.9 Å². The van der Waals surface area contributed by atoms with Gasteiger partial charge in [0.2, 0.25) is 11.8 Å². The zero-order valence-corrected chi connectivity index (χ0v) is 11.0. The van der Waals surface area contributed by atoms with Crippen molar-refractivity contribution in [1.82, 2.24) is 4.90 Å². The zero-order chi connectivity index (χ0) is 13.8. The van der Waals surface area contributed by atoms with Crippen molar-refractivity contribution in [2.24, 2.45) is 5.92 Å². The highest BCUT2D eigenvalue weighted by molar-refractivity contribution is 6.03.